The average Bonchev–Trinajstić information content (AvgIpc) is 2.20. The average molecular weight is 280 g/mol. The number of aryl methyl sites for hydroxylation is 3. The van der Waals surface area contributed by atoms with Crippen LogP contribution >= 0.6 is 0 Å². The zero-order chi connectivity index (χ0) is 15.2. The van der Waals surface area contributed by atoms with Crippen molar-refractivity contribution in [2.24, 2.45) is 0 Å². The van der Waals surface area contributed by atoms with Gasteiger partial charge in [0.05, 0.1) is 0 Å². The first-order valence-corrected chi connectivity index (χ1v) is 5.50. The molecule has 1 aromatic carbocycles. The van der Waals surface area contributed by atoms with E-state index in [4.69, 9.17) is 9.16 Å². The summed E-state index contributed by atoms with van der Waals surface area (Å²) in [5, 5.41) is 0. The summed E-state index contributed by atoms with van der Waals surface area (Å²) in [5.41, 5.74) is 4.68. The lowest BCUT2D eigenvalue weighted by Crippen LogP contribution is -2.08. The number of methoxy groups -OCH3 is 1. The number of benzene rings is 1. The molecule has 0 spiro atoms. The molecule has 0 aromatic heterocycles. The van der Waals surface area contributed by atoms with Crippen LogP contribution in [-0.4, -0.2) is 27.4 Å². The van der Waals surface area contributed by atoms with Gasteiger partial charge in [-0.15, -0.1) is 0 Å². The second-order valence-corrected chi connectivity index (χ2v) is 3.96. The highest BCUT2D eigenvalue weighted by Gasteiger charge is 2.21. The van der Waals surface area contributed by atoms with E-state index in [1.807, 2.05) is 0 Å². The van der Waals surface area contributed by atoms with Gasteiger partial charge in [0.25, 0.3) is 0 Å². The highest BCUT2D eigenvalue weighted by atomic mass is 19.5. The van der Waals surface area contributed by atoms with Crippen LogP contribution in [-0.2, 0) is 4.74 Å². The normalized spacial score (nSPS) is 11.7. The third-order valence-corrected chi connectivity index (χ3v) is 2.25. The number of carbonyl (C=O) groups excluding carboxylic acids is 1. The van der Waals surface area contributed by atoms with Crippen molar-refractivity contribution in [3.63, 3.8) is 0 Å². The highest BCUT2D eigenvalue weighted by molar-refractivity contribution is 6.50. The van der Waals surface area contributed by atoms with Crippen molar-refractivity contribution in [1.29, 1.82) is 0 Å². The fraction of sp³-hybridized carbons (Fsp3) is 0.417. The first-order valence-electron chi connectivity index (χ1n) is 5.50. The van der Waals surface area contributed by atoms with Gasteiger partial charge in [-0.05, 0) is 31.9 Å². The van der Waals surface area contributed by atoms with Gasteiger partial charge in [-0.25, -0.2) is 0 Å². The van der Waals surface area contributed by atoms with Crippen molar-refractivity contribution in [1.82, 2.24) is 0 Å². The maximum atomic E-state index is 9.75. The van der Waals surface area contributed by atoms with Gasteiger partial charge in [0.1, 0.15) is 5.56 Å². The molecule has 0 N–H and O–H groups in total. The Morgan fingerprint density at radius 3 is 1.68 bits per heavy atom. The molecule has 0 heterocycles. The number of hydrogen-bond acceptors (Lipinski definition) is 1. The summed E-state index contributed by atoms with van der Waals surface area (Å²) in [6.45, 7) is 6.21. The minimum atomic E-state index is -6.00. The number of rotatable bonds is 1. The molecule has 0 aliphatic carbocycles. The maximum Gasteiger partial charge on any atom is 0.673 e. The van der Waals surface area contributed by atoms with Crippen LogP contribution in [0.4, 0.5) is 17.3 Å². The van der Waals surface area contributed by atoms with Gasteiger partial charge < -0.3 is 26.4 Å². The Balaban J connectivity index is 0.000000555. The van der Waals surface area contributed by atoms with Crippen LogP contribution in [0, 0.1) is 20.8 Å². The molecule has 1 rings (SSSR count). The quantitative estimate of drug-likeness (QED) is 0.331. The van der Waals surface area contributed by atoms with Crippen LogP contribution < -0.4 is 0 Å². The molecule has 0 atom stereocenters. The first-order chi connectivity index (χ1) is 8.60. The Bertz CT molecular complexity index is 427. The molecule has 0 aliphatic rings. The molecular formula is C12H17BF4O2. The summed E-state index contributed by atoms with van der Waals surface area (Å²) < 4.78 is 49.4. The van der Waals surface area contributed by atoms with Crippen LogP contribution in [0.1, 0.15) is 26.7 Å². The largest absolute Gasteiger partial charge is 0.673 e. The van der Waals surface area contributed by atoms with E-state index in [2.05, 4.69) is 32.9 Å². The van der Waals surface area contributed by atoms with Gasteiger partial charge in [0.2, 0.25) is 0 Å². The highest BCUT2D eigenvalue weighted by Crippen LogP contribution is 2.17. The van der Waals surface area contributed by atoms with Gasteiger partial charge in [0, 0.05) is 0 Å². The molecule has 2 nitrogen and oxygen atoms in total. The zero-order valence-electron chi connectivity index (χ0n) is 11.6. The molecule has 0 aliphatic heterocycles. The van der Waals surface area contributed by atoms with Gasteiger partial charge in [-0.1, -0.05) is 17.7 Å². The van der Waals surface area contributed by atoms with E-state index in [0.717, 1.165) is 5.56 Å². The van der Waals surface area contributed by atoms with Crippen LogP contribution in [0.5, 0.6) is 0 Å². The summed E-state index contributed by atoms with van der Waals surface area (Å²) >= 11 is 0. The van der Waals surface area contributed by atoms with Crippen LogP contribution in [0.25, 0.3) is 0 Å². The summed E-state index contributed by atoms with van der Waals surface area (Å²) in [4.78, 5) is 0. The van der Waals surface area contributed by atoms with Crippen LogP contribution in [0.15, 0.2) is 12.1 Å². The van der Waals surface area contributed by atoms with Gasteiger partial charge in [0.15, 0.2) is 14.2 Å². The Kier molecular flexibility index (Phi) is 6.58. The predicted octanol–water partition coefficient (Wildman–Crippen LogP) is 3.86. The van der Waals surface area contributed by atoms with Crippen molar-refractivity contribution < 1.29 is 26.4 Å². The minimum Gasteiger partial charge on any atom is -0.418 e. The van der Waals surface area contributed by atoms with Crippen molar-refractivity contribution in [2.75, 3.05) is 14.2 Å². The molecule has 0 amide bonds. The van der Waals surface area contributed by atoms with Crippen molar-refractivity contribution in [3.8, 4) is 0 Å². The number of hydrogen-bond donors (Lipinski definition) is 0. The number of esters is 1. The summed E-state index contributed by atoms with van der Waals surface area (Å²) in [7, 11) is -2.75. The number of ether oxygens (including phenoxy) is 1. The van der Waals surface area contributed by atoms with E-state index in [-0.39, 0.29) is 0 Å². The van der Waals surface area contributed by atoms with Gasteiger partial charge in [-0.2, -0.15) is 0 Å². The second kappa shape index (κ2) is 7.16. The molecular weight excluding hydrogens is 263 g/mol. The summed E-state index contributed by atoms with van der Waals surface area (Å²) in [5.74, 6) is 0.583. The molecule has 0 bridgehead atoms. The molecule has 0 radical (unpaired) electrons. The van der Waals surface area contributed by atoms with E-state index >= 15 is 0 Å². The van der Waals surface area contributed by atoms with E-state index in [9.17, 15) is 17.3 Å². The molecule has 108 valence electrons. The Morgan fingerprint density at radius 1 is 1.05 bits per heavy atom. The lowest BCUT2D eigenvalue weighted by atomic mass is 10.00. The van der Waals surface area contributed by atoms with Gasteiger partial charge >= 0.3 is 13.2 Å². The van der Waals surface area contributed by atoms with E-state index in [1.165, 1.54) is 16.7 Å². The monoisotopic (exact) mass is 280 g/mol. The second-order valence-electron chi connectivity index (χ2n) is 3.96. The molecule has 7 heteroatoms. The van der Waals surface area contributed by atoms with Crippen molar-refractivity contribution in [2.45, 2.75) is 20.8 Å². The van der Waals surface area contributed by atoms with Crippen LogP contribution in [0.2, 0.25) is 0 Å². The Hall–Kier alpha value is -1.53. The SMILES string of the molecule is COC(=[O+]C)c1c(C)cc(C)cc1C.F[B-](F)(F)F. The zero-order valence-corrected chi connectivity index (χ0v) is 11.6. The molecule has 0 fully saturated rings. The lowest BCUT2D eigenvalue weighted by molar-refractivity contribution is -0.239. The summed E-state index contributed by atoms with van der Waals surface area (Å²) in [6.07, 6.45) is 0. The molecule has 0 saturated carbocycles. The fourth-order valence-corrected chi connectivity index (χ4v) is 1.79. The molecule has 19 heavy (non-hydrogen) atoms. The third kappa shape index (κ3) is 6.83. The van der Waals surface area contributed by atoms with E-state index in [0.29, 0.717) is 5.97 Å². The van der Waals surface area contributed by atoms with Gasteiger partial charge in [-0.3, -0.25) is 0 Å². The maximum absolute atomic E-state index is 9.75. The first kappa shape index (κ1) is 17.5. The van der Waals surface area contributed by atoms with E-state index < -0.39 is 7.25 Å². The molecule has 0 saturated heterocycles. The predicted molar refractivity (Wildman–Crippen MR) is 68.1 cm³/mol. The van der Waals surface area contributed by atoms with Crippen LogP contribution in [0.3, 0.4) is 0 Å². The lowest BCUT2D eigenvalue weighted by Gasteiger charge is -2.05. The summed E-state index contributed by atoms with van der Waals surface area (Å²) in [6, 6.07) is 4.25. The van der Waals surface area contributed by atoms with Crippen molar-refractivity contribution in [3.05, 3.63) is 34.4 Å². The smallest absolute Gasteiger partial charge is 0.418 e. The Morgan fingerprint density at radius 2 is 1.42 bits per heavy atom. The minimum absolute atomic E-state index is 0.583. The third-order valence-electron chi connectivity index (χ3n) is 2.25. The molecule has 0 unspecified atom stereocenters. The number of halogens is 4. The topological polar surface area (TPSA) is 20.5 Å². The molecule has 1 aromatic rings. The standard InChI is InChI=1S/C12H17O2.BF4/c1-8-6-9(2)11(10(3)7-8)12(13-4)14-5;2-1(3,4)5/h6-7H,1-5H3;/q+1;-1. The van der Waals surface area contributed by atoms with E-state index in [1.54, 1.807) is 14.2 Å². The fourth-order valence-electron chi connectivity index (χ4n) is 1.79. The Labute approximate surface area is 110 Å². The van der Waals surface area contributed by atoms with Crippen molar-refractivity contribution >= 4 is 13.2 Å².